The van der Waals surface area contributed by atoms with E-state index in [-0.39, 0.29) is 0 Å². The van der Waals surface area contributed by atoms with Gasteiger partial charge in [-0.2, -0.15) is 5.10 Å². The zero-order chi connectivity index (χ0) is 10.1. The molecule has 0 unspecified atom stereocenters. The van der Waals surface area contributed by atoms with E-state index >= 15 is 0 Å². The number of rotatable bonds is 2. The quantitative estimate of drug-likeness (QED) is 0.790. The molecule has 0 aliphatic carbocycles. The number of fused-ring (bicyclic) bond motifs is 1. The molecule has 4 nitrogen and oxygen atoms in total. The predicted molar refractivity (Wildman–Crippen MR) is 53.9 cm³/mol. The Bertz CT molecular complexity index is 462. The average molecular weight is 192 g/mol. The van der Waals surface area contributed by atoms with Crippen LogP contribution in [0.2, 0.25) is 0 Å². The molecule has 1 aromatic carbocycles. The van der Waals surface area contributed by atoms with Crippen molar-refractivity contribution in [1.29, 1.82) is 0 Å². The molecule has 2 aromatic rings. The maximum absolute atomic E-state index is 5.20. The van der Waals surface area contributed by atoms with E-state index < -0.39 is 0 Å². The minimum Gasteiger partial charge on any atom is -0.493 e. The molecule has 0 bridgehead atoms. The van der Waals surface area contributed by atoms with Crippen molar-refractivity contribution < 1.29 is 9.47 Å². The van der Waals surface area contributed by atoms with Gasteiger partial charge in [-0.25, -0.2) is 0 Å². The molecule has 0 aliphatic heterocycles. The van der Waals surface area contributed by atoms with Crippen molar-refractivity contribution in [3.05, 3.63) is 17.8 Å². The zero-order valence-electron chi connectivity index (χ0n) is 8.42. The van der Waals surface area contributed by atoms with Crippen LogP contribution in [-0.4, -0.2) is 24.4 Å². The Morgan fingerprint density at radius 2 is 1.79 bits per heavy atom. The Balaban J connectivity index is 2.71. The Morgan fingerprint density at radius 1 is 1.14 bits per heavy atom. The zero-order valence-corrected chi connectivity index (χ0v) is 8.42. The highest BCUT2D eigenvalue weighted by atomic mass is 16.5. The molecule has 0 spiro atoms. The summed E-state index contributed by atoms with van der Waals surface area (Å²) in [5, 5.41) is 8.10. The van der Waals surface area contributed by atoms with Gasteiger partial charge < -0.3 is 9.47 Å². The summed E-state index contributed by atoms with van der Waals surface area (Å²) < 4.78 is 10.4. The van der Waals surface area contributed by atoms with Gasteiger partial charge in [0.15, 0.2) is 11.5 Å². The van der Waals surface area contributed by atoms with E-state index in [4.69, 9.17) is 9.47 Å². The molecule has 1 N–H and O–H groups in total. The van der Waals surface area contributed by atoms with Crippen molar-refractivity contribution in [1.82, 2.24) is 10.2 Å². The third-order valence-electron chi connectivity index (χ3n) is 2.26. The van der Waals surface area contributed by atoms with Gasteiger partial charge in [0.05, 0.1) is 25.4 Å². The number of aryl methyl sites for hydroxylation is 1. The van der Waals surface area contributed by atoms with Crippen LogP contribution in [0.15, 0.2) is 12.1 Å². The Labute approximate surface area is 81.8 Å². The monoisotopic (exact) mass is 192 g/mol. The second-order valence-electron chi connectivity index (χ2n) is 3.06. The summed E-state index contributed by atoms with van der Waals surface area (Å²) in [5.41, 5.74) is 1.92. The molecule has 0 atom stereocenters. The average Bonchev–Trinajstić information content (AvgIpc) is 2.58. The highest BCUT2D eigenvalue weighted by Gasteiger charge is 2.08. The van der Waals surface area contributed by atoms with E-state index in [9.17, 15) is 0 Å². The van der Waals surface area contributed by atoms with Crippen LogP contribution in [0.3, 0.4) is 0 Å². The first-order valence-corrected chi connectivity index (χ1v) is 4.33. The number of aromatic nitrogens is 2. The van der Waals surface area contributed by atoms with Crippen molar-refractivity contribution >= 4 is 10.9 Å². The van der Waals surface area contributed by atoms with Crippen LogP contribution in [0.1, 0.15) is 5.69 Å². The molecule has 4 heteroatoms. The van der Waals surface area contributed by atoms with Gasteiger partial charge in [-0.15, -0.1) is 0 Å². The first-order valence-electron chi connectivity index (χ1n) is 4.33. The number of hydrogen-bond donors (Lipinski definition) is 1. The second kappa shape index (κ2) is 3.21. The second-order valence-corrected chi connectivity index (χ2v) is 3.06. The van der Waals surface area contributed by atoms with Crippen LogP contribution < -0.4 is 9.47 Å². The van der Waals surface area contributed by atoms with Gasteiger partial charge in [-0.3, -0.25) is 5.10 Å². The number of hydrogen-bond acceptors (Lipinski definition) is 3. The number of nitrogens with one attached hydrogen (secondary N) is 1. The van der Waals surface area contributed by atoms with Crippen LogP contribution in [0.25, 0.3) is 10.9 Å². The smallest absolute Gasteiger partial charge is 0.162 e. The van der Waals surface area contributed by atoms with E-state index in [0.29, 0.717) is 5.75 Å². The third kappa shape index (κ3) is 1.19. The van der Waals surface area contributed by atoms with Gasteiger partial charge in [0, 0.05) is 11.5 Å². The molecule has 0 fully saturated rings. The highest BCUT2D eigenvalue weighted by Crippen LogP contribution is 2.32. The number of benzene rings is 1. The summed E-state index contributed by atoms with van der Waals surface area (Å²) in [6.45, 7) is 1.95. The maximum Gasteiger partial charge on any atom is 0.162 e. The van der Waals surface area contributed by atoms with E-state index in [1.807, 2.05) is 19.1 Å². The van der Waals surface area contributed by atoms with Crippen LogP contribution in [0.5, 0.6) is 11.5 Å². The molecule has 74 valence electrons. The fraction of sp³-hybridized carbons (Fsp3) is 0.300. The number of nitrogens with zero attached hydrogens (tertiary/aromatic N) is 1. The van der Waals surface area contributed by atoms with E-state index in [1.54, 1.807) is 14.2 Å². The number of ether oxygens (including phenoxy) is 2. The molecular weight excluding hydrogens is 180 g/mol. The summed E-state index contributed by atoms with van der Waals surface area (Å²) >= 11 is 0. The van der Waals surface area contributed by atoms with Crippen molar-refractivity contribution in [3.8, 4) is 11.5 Å². The molecule has 1 aromatic heterocycles. The fourth-order valence-corrected chi connectivity index (χ4v) is 1.48. The fourth-order valence-electron chi connectivity index (χ4n) is 1.48. The Morgan fingerprint density at radius 3 is 2.43 bits per heavy atom. The molecule has 0 aliphatic rings. The van der Waals surface area contributed by atoms with Crippen LogP contribution >= 0.6 is 0 Å². The van der Waals surface area contributed by atoms with Gasteiger partial charge in [0.25, 0.3) is 0 Å². The lowest BCUT2D eigenvalue weighted by molar-refractivity contribution is 0.356. The molecule has 0 saturated heterocycles. The van der Waals surface area contributed by atoms with Crippen molar-refractivity contribution in [2.45, 2.75) is 6.92 Å². The van der Waals surface area contributed by atoms with Crippen LogP contribution in [-0.2, 0) is 0 Å². The van der Waals surface area contributed by atoms with Crippen molar-refractivity contribution in [2.24, 2.45) is 0 Å². The predicted octanol–water partition coefficient (Wildman–Crippen LogP) is 1.89. The normalized spacial score (nSPS) is 10.5. The van der Waals surface area contributed by atoms with E-state index in [1.165, 1.54) is 0 Å². The number of aromatic amines is 1. The van der Waals surface area contributed by atoms with Gasteiger partial charge in [0.1, 0.15) is 0 Å². The SMILES string of the molecule is COc1cc2[nH]nc(C)c2cc1OC. The van der Waals surface area contributed by atoms with Gasteiger partial charge >= 0.3 is 0 Å². The van der Waals surface area contributed by atoms with Crippen molar-refractivity contribution in [2.75, 3.05) is 14.2 Å². The first-order chi connectivity index (χ1) is 6.76. The lowest BCUT2D eigenvalue weighted by atomic mass is 10.2. The molecule has 0 saturated carbocycles. The summed E-state index contributed by atoms with van der Waals surface area (Å²) in [5.74, 6) is 1.44. The van der Waals surface area contributed by atoms with Gasteiger partial charge in [0.2, 0.25) is 0 Å². The van der Waals surface area contributed by atoms with E-state index in [0.717, 1.165) is 22.3 Å². The van der Waals surface area contributed by atoms with Crippen LogP contribution in [0.4, 0.5) is 0 Å². The summed E-state index contributed by atoms with van der Waals surface area (Å²) in [6, 6.07) is 3.81. The van der Waals surface area contributed by atoms with E-state index in [2.05, 4.69) is 10.2 Å². The lowest BCUT2D eigenvalue weighted by Gasteiger charge is -2.06. The summed E-state index contributed by atoms with van der Waals surface area (Å²) in [4.78, 5) is 0. The minimum absolute atomic E-state index is 0.712. The lowest BCUT2D eigenvalue weighted by Crippen LogP contribution is -1.90. The first kappa shape index (κ1) is 8.87. The third-order valence-corrected chi connectivity index (χ3v) is 2.26. The molecular formula is C10H12N2O2. The molecule has 0 radical (unpaired) electrons. The van der Waals surface area contributed by atoms with Crippen molar-refractivity contribution in [3.63, 3.8) is 0 Å². The summed E-state index contributed by atoms with van der Waals surface area (Å²) in [7, 11) is 3.24. The largest absolute Gasteiger partial charge is 0.493 e. The molecule has 14 heavy (non-hydrogen) atoms. The van der Waals surface area contributed by atoms with Gasteiger partial charge in [-0.05, 0) is 13.0 Å². The molecule has 0 amide bonds. The number of H-pyrrole nitrogens is 1. The highest BCUT2D eigenvalue weighted by molar-refractivity contribution is 5.84. The topological polar surface area (TPSA) is 47.1 Å². The molecule has 2 rings (SSSR count). The summed E-state index contributed by atoms with van der Waals surface area (Å²) in [6.07, 6.45) is 0. The van der Waals surface area contributed by atoms with Crippen LogP contribution in [0, 0.1) is 6.92 Å². The standard InChI is InChI=1S/C10H12N2O2/c1-6-7-4-9(13-2)10(14-3)5-8(7)12-11-6/h4-5H,1-3H3,(H,11,12). The number of methoxy groups -OCH3 is 2. The minimum atomic E-state index is 0.712. The van der Waals surface area contributed by atoms with Gasteiger partial charge in [-0.1, -0.05) is 0 Å². The maximum atomic E-state index is 5.20. The Hall–Kier alpha value is -1.71. The Kier molecular flexibility index (Phi) is 2.04. The molecule has 1 heterocycles.